The van der Waals surface area contributed by atoms with Crippen LogP contribution in [-0.2, 0) is 17.7 Å². The molecule has 0 aromatic carbocycles. The van der Waals surface area contributed by atoms with E-state index in [1.54, 1.807) is 46.4 Å². The number of carbonyl (C=O) groups excluding carboxylic acids is 1. The van der Waals surface area contributed by atoms with Crippen LogP contribution in [0.2, 0.25) is 5.15 Å². The van der Waals surface area contributed by atoms with Crippen molar-refractivity contribution < 1.29 is 13.9 Å². The Hall–Kier alpha value is -1.74. The molecule has 0 unspecified atom stereocenters. The minimum Gasteiger partial charge on any atom is -0.467 e. The van der Waals surface area contributed by atoms with Crippen molar-refractivity contribution in [3.8, 4) is 0 Å². The van der Waals surface area contributed by atoms with Crippen LogP contribution in [0.3, 0.4) is 0 Å². The SMILES string of the molecule is CSC[C@H](N)Cc1sc2c(N(Cc3ccco3)C(=O)OC(C)(C)C)cc(Cl)nc2c1C. The normalized spacial score (nSPS) is 12.9. The second-order valence-electron chi connectivity index (χ2n) is 8.36. The zero-order valence-electron chi connectivity index (χ0n) is 18.4. The Kier molecular flexibility index (Phi) is 7.57. The molecule has 0 aliphatic rings. The molecule has 31 heavy (non-hydrogen) atoms. The maximum atomic E-state index is 13.2. The van der Waals surface area contributed by atoms with Gasteiger partial charge in [0.25, 0.3) is 0 Å². The Balaban J connectivity index is 2.09. The highest BCUT2D eigenvalue weighted by molar-refractivity contribution is 7.98. The minimum atomic E-state index is -0.643. The first-order valence-electron chi connectivity index (χ1n) is 9.95. The number of pyridine rings is 1. The monoisotopic (exact) mass is 481 g/mol. The number of aromatic nitrogens is 1. The van der Waals surface area contributed by atoms with Gasteiger partial charge in [0, 0.05) is 22.7 Å². The molecule has 168 valence electrons. The number of halogens is 1. The molecule has 2 N–H and O–H groups in total. The first kappa shape index (κ1) is 23.9. The van der Waals surface area contributed by atoms with E-state index in [4.69, 9.17) is 26.5 Å². The summed E-state index contributed by atoms with van der Waals surface area (Å²) >= 11 is 9.71. The second-order valence-corrected chi connectivity index (χ2v) is 10.8. The summed E-state index contributed by atoms with van der Waals surface area (Å²) in [6.45, 7) is 7.76. The highest BCUT2D eigenvalue weighted by Gasteiger charge is 2.28. The van der Waals surface area contributed by atoms with Crippen molar-refractivity contribution in [2.24, 2.45) is 5.73 Å². The van der Waals surface area contributed by atoms with Crippen LogP contribution >= 0.6 is 34.7 Å². The van der Waals surface area contributed by atoms with E-state index < -0.39 is 11.7 Å². The summed E-state index contributed by atoms with van der Waals surface area (Å²) in [7, 11) is 0. The fourth-order valence-electron chi connectivity index (χ4n) is 3.21. The van der Waals surface area contributed by atoms with Crippen LogP contribution in [0.25, 0.3) is 10.2 Å². The van der Waals surface area contributed by atoms with Crippen LogP contribution in [0.15, 0.2) is 28.9 Å². The van der Waals surface area contributed by atoms with Crippen molar-refractivity contribution in [1.29, 1.82) is 0 Å². The maximum Gasteiger partial charge on any atom is 0.415 e. The first-order chi connectivity index (χ1) is 14.6. The molecule has 0 saturated carbocycles. The molecule has 1 atom stereocenters. The number of fused-ring (bicyclic) bond motifs is 1. The van der Waals surface area contributed by atoms with Crippen LogP contribution in [0, 0.1) is 6.92 Å². The second kappa shape index (κ2) is 9.81. The largest absolute Gasteiger partial charge is 0.467 e. The molecule has 0 spiro atoms. The number of thioether (sulfide) groups is 1. The number of carbonyl (C=O) groups is 1. The summed E-state index contributed by atoms with van der Waals surface area (Å²) in [5.41, 5.74) is 8.12. The third-order valence-electron chi connectivity index (χ3n) is 4.55. The zero-order valence-corrected chi connectivity index (χ0v) is 20.8. The first-order valence-corrected chi connectivity index (χ1v) is 12.5. The van der Waals surface area contributed by atoms with E-state index in [2.05, 4.69) is 4.98 Å². The van der Waals surface area contributed by atoms with E-state index in [0.717, 1.165) is 32.8 Å². The zero-order chi connectivity index (χ0) is 22.8. The van der Waals surface area contributed by atoms with Crippen LogP contribution in [0.5, 0.6) is 0 Å². The molecular weight excluding hydrogens is 454 g/mol. The highest BCUT2D eigenvalue weighted by atomic mass is 35.5. The summed E-state index contributed by atoms with van der Waals surface area (Å²) in [5, 5.41) is 0.316. The number of thiophene rings is 1. The van der Waals surface area contributed by atoms with Gasteiger partial charge in [0.1, 0.15) is 16.5 Å². The number of rotatable bonds is 7. The van der Waals surface area contributed by atoms with E-state index in [-0.39, 0.29) is 12.6 Å². The van der Waals surface area contributed by atoms with Gasteiger partial charge in [-0.25, -0.2) is 9.78 Å². The number of amides is 1. The number of hydrogen-bond acceptors (Lipinski definition) is 7. The molecule has 9 heteroatoms. The highest BCUT2D eigenvalue weighted by Crippen LogP contribution is 2.39. The smallest absolute Gasteiger partial charge is 0.415 e. The molecule has 0 saturated heterocycles. The van der Waals surface area contributed by atoms with E-state index in [1.807, 2.05) is 40.0 Å². The molecule has 0 fully saturated rings. The van der Waals surface area contributed by atoms with Gasteiger partial charge in [-0.1, -0.05) is 11.6 Å². The molecule has 0 bridgehead atoms. The number of anilines is 1. The van der Waals surface area contributed by atoms with Gasteiger partial charge in [-0.2, -0.15) is 11.8 Å². The van der Waals surface area contributed by atoms with Crippen LogP contribution in [0.1, 0.15) is 37.0 Å². The van der Waals surface area contributed by atoms with Crippen molar-refractivity contribution >= 4 is 56.7 Å². The van der Waals surface area contributed by atoms with Gasteiger partial charge in [0.05, 0.1) is 28.7 Å². The van der Waals surface area contributed by atoms with Gasteiger partial charge in [-0.15, -0.1) is 11.3 Å². The van der Waals surface area contributed by atoms with Crippen LogP contribution in [0.4, 0.5) is 10.5 Å². The number of furan rings is 1. The summed E-state index contributed by atoms with van der Waals surface area (Å²) < 4.78 is 12.1. The van der Waals surface area contributed by atoms with Gasteiger partial charge in [-0.05, 0) is 58.1 Å². The molecule has 0 aliphatic heterocycles. The lowest BCUT2D eigenvalue weighted by atomic mass is 10.1. The van der Waals surface area contributed by atoms with E-state index in [9.17, 15) is 4.79 Å². The lowest BCUT2D eigenvalue weighted by molar-refractivity contribution is 0.0575. The number of hydrogen-bond donors (Lipinski definition) is 1. The van der Waals surface area contributed by atoms with Gasteiger partial charge in [0.15, 0.2) is 0 Å². The van der Waals surface area contributed by atoms with E-state index in [0.29, 0.717) is 16.6 Å². The number of nitrogens with zero attached hydrogens (tertiary/aromatic N) is 2. The summed E-state index contributed by atoms with van der Waals surface area (Å²) in [5.74, 6) is 1.51. The molecule has 6 nitrogen and oxygen atoms in total. The molecule has 0 radical (unpaired) electrons. The van der Waals surface area contributed by atoms with Gasteiger partial charge in [0.2, 0.25) is 0 Å². The predicted octanol–water partition coefficient (Wildman–Crippen LogP) is 6.03. The molecular formula is C22H28ClN3O3S2. The number of nitrogens with two attached hydrogens (primary N) is 1. The summed E-state index contributed by atoms with van der Waals surface area (Å²) in [6, 6.07) is 5.37. The van der Waals surface area contributed by atoms with Crippen LogP contribution < -0.4 is 10.6 Å². The Bertz CT molecular complexity index is 1040. The molecule has 1 amide bonds. The average Bonchev–Trinajstić information content (AvgIpc) is 3.27. The number of ether oxygens (including phenoxy) is 1. The van der Waals surface area contributed by atoms with Crippen LogP contribution in [-0.4, -0.2) is 34.7 Å². The molecule has 3 heterocycles. The molecule has 0 aliphatic carbocycles. The van der Waals surface area contributed by atoms with Gasteiger partial charge >= 0.3 is 6.09 Å². The van der Waals surface area contributed by atoms with Crippen molar-refractivity contribution in [3.05, 3.63) is 45.8 Å². The fourth-order valence-corrected chi connectivity index (χ4v) is 5.30. The van der Waals surface area contributed by atoms with Crippen molar-refractivity contribution in [1.82, 2.24) is 4.98 Å². The Morgan fingerprint density at radius 3 is 2.81 bits per heavy atom. The molecule has 3 rings (SSSR count). The molecule has 3 aromatic heterocycles. The van der Waals surface area contributed by atoms with Crippen molar-refractivity contribution in [2.45, 2.75) is 52.3 Å². The topological polar surface area (TPSA) is 81.6 Å². The summed E-state index contributed by atoms with van der Waals surface area (Å²) in [4.78, 5) is 20.4. The average molecular weight is 482 g/mol. The lowest BCUT2D eigenvalue weighted by Crippen LogP contribution is -2.36. The standard InChI is InChI=1S/C22H28ClN3O3S2/c1-13-17(9-14(24)12-30-5)31-20-16(10-18(23)25-19(13)20)26(11-15-7-6-8-28-15)21(27)29-22(2,3)4/h6-8,10,14H,9,11-12,24H2,1-5H3/t14-/m1/s1. The Morgan fingerprint density at radius 1 is 1.45 bits per heavy atom. The quantitative estimate of drug-likeness (QED) is 0.415. The Labute approximate surface area is 196 Å². The Morgan fingerprint density at radius 2 is 2.19 bits per heavy atom. The fraction of sp³-hybridized carbons (Fsp3) is 0.455. The van der Waals surface area contributed by atoms with Gasteiger partial charge < -0.3 is 14.9 Å². The lowest BCUT2D eigenvalue weighted by Gasteiger charge is -2.27. The van der Waals surface area contributed by atoms with Crippen molar-refractivity contribution in [3.63, 3.8) is 0 Å². The van der Waals surface area contributed by atoms with Crippen molar-refractivity contribution in [2.75, 3.05) is 16.9 Å². The molecule has 3 aromatic rings. The predicted molar refractivity (Wildman–Crippen MR) is 131 cm³/mol. The minimum absolute atomic E-state index is 0.0470. The van der Waals surface area contributed by atoms with Gasteiger partial charge in [-0.3, -0.25) is 4.90 Å². The third kappa shape index (κ3) is 5.94. The summed E-state index contributed by atoms with van der Waals surface area (Å²) in [6.07, 6.45) is 3.90. The number of aryl methyl sites for hydroxylation is 1. The van der Waals surface area contributed by atoms with E-state index >= 15 is 0 Å². The third-order valence-corrected chi connectivity index (χ3v) is 6.83. The van der Waals surface area contributed by atoms with E-state index in [1.165, 1.54) is 0 Å². The maximum absolute atomic E-state index is 13.2.